The second-order valence-corrected chi connectivity index (χ2v) is 3.99. The van der Waals surface area contributed by atoms with Crippen LogP contribution < -0.4 is 15.1 Å². The fourth-order valence-corrected chi connectivity index (χ4v) is 1.44. The lowest BCUT2D eigenvalue weighted by atomic mass is 10.2. The molecule has 2 N–H and O–H groups in total. The highest BCUT2D eigenvalue weighted by molar-refractivity contribution is 5.97. The van der Waals surface area contributed by atoms with Crippen LogP contribution in [0.25, 0.3) is 0 Å². The highest BCUT2D eigenvalue weighted by Crippen LogP contribution is 2.35. The maximum atomic E-state index is 11.4. The van der Waals surface area contributed by atoms with E-state index in [-0.39, 0.29) is 29.5 Å². The summed E-state index contributed by atoms with van der Waals surface area (Å²) in [5.74, 6) is -1.66. The van der Waals surface area contributed by atoms with E-state index >= 15 is 0 Å². The van der Waals surface area contributed by atoms with E-state index in [0.29, 0.717) is 5.06 Å². The lowest BCUT2D eigenvalue weighted by Gasteiger charge is -2.19. The van der Waals surface area contributed by atoms with Crippen molar-refractivity contribution in [1.29, 1.82) is 0 Å². The topological polar surface area (TPSA) is 95.9 Å². The Bertz CT molecular complexity index is 542. The lowest BCUT2D eigenvalue weighted by molar-refractivity contribution is -0.134. The first kappa shape index (κ1) is 15.6. The fourth-order valence-electron chi connectivity index (χ4n) is 1.44. The Morgan fingerprint density at radius 3 is 2.45 bits per heavy atom. The minimum absolute atomic E-state index is 0.0226. The highest BCUT2D eigenvalue weighted by Gasteiger charge is 2.20. The normalized spacial score (nSPS) is 9.80. The third-order valence-corrected chi connectivity index (χ3v) is 2.34. The van der Waals surface area contributed by atoms with Gasteiger partial charge in [0.1, 0.15) is 5.69 Å². The van der Waals surface area contributed by atoms with Gasteiger partial charge >= 0.3 is 5.97 Å². The van der Waals surface area contributed by atoms with Crippen LogP contribution >= 0.6 is 0 Å². The lowest BCUT2D eigenvalue weighted by Crippen LogP contribution is -2.25. The van der Waals surface area contributed by atoms with Crippen LogP contribution in [0.15, 0.2) is 18.2 Å². The largest absolute Gasteiger partial charge is 0.422 e. The predicted molar refractivity (Wildman–Crippen MR) is 71.6 cm³/mol. The molecule has 0 saturated heterocycles. The molecule has 1 aromatic carbocycles. The van der Waals surface area contributed by atoms with E-state index in [1.54, 1.807) is 6.92 Å². The van der Waals surface area contributed by atoms with Gasteiger partial charge in [0.05, 0.1) is 5.69 Å². The molecule has 0 radical (unpaired) electrons. The van der Waals surface area contributed by atoms with Crippen LogP contribution in [0, 0.1) is 0 Å². The van der Waals surface area contributed by atoms with Crippen LogP contribution in [-0.2, 0) is 14.4 Å². The van der Waals surface area contributed by atoms with E-state index in [1.807, 2.05) is 0 Å². The van der Waals surface area contributed by atoms with Crippen molar-refractivity contribution < 1.29 is 24.3 Å². The number of esters is 1. The average molecular weight is 280 g/mol. The zero-order valence-electron chi connectivity index (χ0n) is 11.5. The molecular formula is C13H16N2O5. The van der Waals surface area contributed by atoms with Gasteiger partial charge in [-0.15, -0.1) is 0 Å². The number of para-hydroxylation sites is 1. The standard InChI is InChI=1S/C13H16N2O5/c1-4-12(18)20-13-10(14-8(2)16)6-5-7-11(13)15(19)9(3)17/h5-7,19H,4H2,1-3H3,(H,14,16). The summed E-state index contributed by atoms with van der Waals surface area (Å²) in [5.41, 5.74) is 0.169. The number of ether oxygens (including phenoxy) is 1. The first-order valence-electron chi connectivity index (χ1n) is 5.97. The maximum absolute atomic E-state index is 11.4. The Morgan fingerprint density at radius 1 is 1.30 bits per heavy atom. The predicted octanol–water partition coefficient (Wildman–Crippen LogP) is 1.70. The van der Waals surface area contributed by atoms with Crippen molar-refractivity contribution in [3.05, 3.63) is 18.2 Å². The van der Waals surface area contributed by atoms with Gasteiger partial charge < -0.3 is 10.1 Å². The molecule has 108 valence electrons. The molecule has 0 saturated carbocycles. The maximum Gasteiger partial charge on any atom is 0.311 e. The molecule has 0 aromatic heterocycles. The van der Waals surface area contributed by atoms with Crippen LogP contribution in [0.2, 0.25) is 0 Å². The van der Waals surface area contributed by atoms with E-state index < -0.39 is 11.9 Å². The molecule has 20 heavy (non-hydrogen) atoms. The van der Waals surface area contributed by atoms with Crippen molar-refractivity contribution in [3.8, 4) is 5.75 Å². The zero-order valence-corrected chi connectivity index (χ0v) is 11.5. The molecule has 7 heteroatoms. The van der Waals surface area contributed by atoms with E-state index in [9.17, 15) is 19.6 Å². The third-order valence-electron chi connectivity index (χ3n) is 2.34. The van der Waals surface area contributed by atoms with Crippen LogP contribution in [0.4, 0.5) is 11.4 Å². The van der Waals surface area contributed by atoms with E-state index in [1.165, 1.54) is 25.1 Å². The smallest absolute Gasteiger partial charge is 0.311 e. The molecule has 1 aromatic rings. The molecule has 1 rings (SSSR count). The van der Waals surface area contributed by atoms with Crippen molar-refractivity contribution in [3.63, 3.8) is 0 Å². The number of rotatable bonds is 4. The second-order valence-electron chi connectivity index (χ2n) is 3.99. The average Bonchev–Trinajstić information content (AvgIpc) is 2.38. The zero-order chi connectivity index (χ0) is 15.3. The molecule has 7 nitrogen and oxygen atoms in total. The Kier molecular flexibility index (Phi) is 5.22. The molecule has 0 aliphatic carbocycles. The number of hydroxylamine groups is 1. The fraction of sp³-hybridized carbons (Fsp3) is 0.308. The summed E-state index contributed by atoms with van der Waals surface area (Å²) in [4.78, 5) is 33.8. The van der Waals surface area contributed by atoms with Crippen molar-refractivity contribution in [2.45, 2.75) is 27.2 Å². The van der Waals surface area contributed by atoms with Gasteiger partial charge in [-0.05, 0) is 12.1 Å². The number of amides is 2. The minimum atomic E-state index is -0.654. The molecular weight excluding hydrogens is 264 g/mol. The van der Waals surface area contributed by atoms with Crippen LogP contribution in [0.3, 0.4) is 0 Å². The summed E-state index contributed by atoms with van der Waals surface area (Å²) in [6, 6.07) is 4.40. The Morgan fingerprint density at radius 2 is 1.95 bits per heavy atom. The molecule has 2 amide bonds. The minimum Gasteiger partial charge on any atom is -0.422 e. The van der Waals surface area contributed by atoms with Gasteiger partial charge in [-0.3, -0.25) is 19.6 Å². The first-order chi connectivity index (χ1) is 9.36. The summed E-state index contributed by atoms with van der Waals surface area (Å²) in [5, 5.41) is 12.5. The molecule has 0 bridgehead atoms. The van der Waals surface area contributed by atoms with Gasteiger partial charge in [-0.25, -0.2) is 0 Å². The number of nitrogens with one attached hydrogen (secondary N) is 1. The molecule has 0 aliphatic rings. The highest BCUT2D eigenvalue weighted by atomic mass is 16.5. The Labute approximate surface area is 116 Å². The van der Waals surface area contributed by atoms with Gasteiger partial charge in [0.2, 0.25) is 11.8 Å². The van der Waals surface area contributed by atoms with Crippen molar-refractivity contribution in [2.75, 3.05) is 10.4 Å². The van der Waals surface area contributed by atoms with Crippen LogP contribution in [0.1, 0.15) is 27.2 Å². The summed E-state index contributed by atoms with van der Waals surface area (Å²) < 4.78 is 5.09. The molecule has 0 atom stereocenters. The van der Waals surface area contributed by atoms with Crippen molar-refractivity contribution in [2.24, 2.45) is 0 Å². The van der Waals surface area contributed by atoms with E-state index in [4.69, 9.17) is 4.74 Å². The van der Waals surface area contributed by atoms with E-state index in [2.05, 4.69) is 5.32 Å². The number of hydrogen-bond acceptors (Lipinski definition) is 5. The monoisotopic (exact) mass is 280 g/mol. The number of carbonyl (C=O) groups excluding carboxylic acids is 3. The number of benzene rings is 1. The quantitative estimate of drug-likeness (QED) is 0.379. The Balaban J connectivity index is 3.31. The SMILES string of the molecule is CCC(=O)Oc1c(NC(C)=O)cccc1N(O)C(C)=O. The van der Waals surface area contributed by atoms with Crippen LogP contribution in [0.5, 0.6) is 5.75 Å². The number of hydrogen-bond donors (Lipinski definition) is 2. The molecule has 0 heterocycles. The number of carbonyl (C=O) groups is 3. The third kappa shape index (κ3) is 3.79. The van der Waals surface area contributed by atoms with Crippen molar-refractivity contribution in [1.82, 2.24) is 0 Å². The van der Waals surface area contributed by atoms with Crippen LogP contribution in [-0.4, -0.2) is 23.0 Å². The first-order valence-corrected chi connectivity index (χ1v) is 5.97. The number of anilines is 2. The Hall–Kier alpha value is -2.41. The molecule has 0 spiro atoms. The van der Waals surface area contributed by atoms with Gasteiger partial charge in [-0.2, -0.15) is 5.06 Å². The van der Waals surface area contributed by atoms with Gasteiger partial charge in [-0.1, -0.05) is 13.0 Å². The van der Waals surface area contributed by atoms with Gasteiger partial charge in [0.15, 0.2) is 5.75 Å². The van der Waals surface area contributed by atoms with Gasteiger partial charge in [0.25, 0.3) is 0 Å². The molecule has 0 unspecified atom stereocenters. The molecule has 0 fully saturated rings. The van der Waals surface area contributed by atoms with Gasteiger partial charge in [0, 0.05) is 20.3 Å². The summed E-state index contributed by atoms with van der Waals surface area (Å²) in [7, 11) is 0. The van der Waals surface area contributed by atoms with E-state index in [0.717, 1.165) is 6.92 Å². The summed E-state index contributed by atoms with van der Waals surface area (Å²) in [6.45, 7) is 4.04. The second kappa shape index (κ2) is 6.67. The summed E-state index contributed by atoms with van der Waals surface area (Å²) in [6.07, 6.45) is 0.110. The summed E-state index contributed by atoms with van der Waals surface area (Å²) >= 11 is 0. The molecule has 0 aliphatic heterocycles. The van der Waals surface area contributed by atoms with Crippen molar-refractivity contribution >= 4 is 29.2 Å². The number of nitrogens with zero attached hydrogens (tertiary/aromatic N) is 1.